The van der Waals surface area contributed by atoms with E-state index in [1.165, 1.54) is 0 Å². The minimum atomic E-state index is -0.429. The van der Waals surface area contributed by atoms with E-state index in [9.17, 15) is 9.90 Å². The fourth-order valence-corrected chi connectivity index (χ4v) is 3.43. The van der Waals surface area contributed by atoms with Crippen LogP contribution in [0.15, 0.2) is 29.6 Å². The van der Waals surface area contributed by atoms with E-state index < -0.39 is 6.10 Å². The van der Waals surface area contributed by atoms with Crippen LogP contribution < -0.4 is 10.6 Å². The van der Waals surface area contributed by atoms with Gasteiger partial charge in [0.15, 0.2) is 0 Å². The van der Waals surface area contributed by atoms with Crippen molar-refractivity contribution in [3.63, 3.8) is 0 Å². The molecule has 6 heteroatoms. The van der Waals surface area contributed by atoms with Gasteiger partial charge < -0.3 is 15.7 Å². The van der Waals surface area contributed by atoms with Crippen molar-refractivity contribution in [1.29, 1.82) is 0 Å². The molecule has 0 radical (unpaired) electrons. The molecule has 1 aromatic heterocycles. The Kier molecular flexibility index (Phi) is 4.40. The standard InChI is InChI=1S/C16H19N3O2S/c1-10-9-22-15(17-10)11-5-7-12(8-6-11)18-16(21)19-13-3-2-4-14(13)20/h5-9,13-14,20H,2-4H2,1H3,(H2,18,19,21). The third-order valence-corrected chi connectivity index (χ3v) is 4.81. The van der Waals surface area contributed by atoms with E-state index in [-0.39, 0.29) is 12.1 Å². The zero-order valence-corrected chi connectivity index (χ0v) is 13.2. The zero-order valence-electron chi connectivity index (χ0n) is 12.4. The second-order valence-corrected chi connectivity index (χ2v) is 6.43. The normalized spacial score (nSPS) is 20.8. The molecule has 2 atom stereocenters. The predicted octanol–water partition coefficient (Wildman–Crippen LogP) is 3.15. The molecule has 1 aliphatic rings. The number of anilines is 1. The number of rotatable bonds is 3. The third kappa shape index (κ3) is 3.45. The number of nitrogens with zero attached hydrogens (tertiary/aromatic N) is 1. The first-order chi connectivity index (χ1) is 10.6. The van der Waals surface area contributed by atoms with Gasteiger partial charge in [-0.05, 0) is 50.5 Å². The maximum atomic E-state index is 11.9. The van der Waals surface area contributed by atoms with Crippen LogP contribution in [0.3, 0.4) is 0 Å². The summed E-state index contributed by atoms with van der Waals surface area (Å²) in [5.74, 6) is 0. The number of hydrogen-bond acceptors (Lipinski definition) is 4. The lowest BCUT2D eigenvalue weighted by Crippen LogP contribution is -2.42. The van der Waals surface area contributed by atoms with Crippen LogP contribution in [0, 0.1) is 6.92 Å². The van der Waals surface area contributed by atoms with Crippen LogP contribution in [0.4, 0.5) is 10.5 Å². The topological polar surface area (TPSA) is 74.2 Å². The number of benzene rings is 1. The minimum absolute atomic E-state index is 0.141. The molecule has 0 bridgehead atoms. The van der Waals surface area contributed by atoms with Gasteiger partial charge in [0.25, 0.3) is 0 Å². The summed E-state index contributed by atoms with van der Waals surface area (Å²) >= 11 is 1.61. The van der Waals surface area contributed by atoms with Crippen LogP contribution in [-0.4, -0.2) is 28.3 Å². The summed E-state index contributed by atoms with van der Waals surface area (Å²) in [5.41, 5.74) is 2.77. The molecule has 2 aromatic rings. The highest BCUT2D eigenvalue weighted by molar-refractivity contribution is 7.13. The molecule has 0 saturated heterocycles. The molecule has 22 heavy (non-hydrogen) atoms. The van der Waals surface area contributed by atoms with E-state index in [1.54, 1.807) is 11.3 Å². The number of aliphatic hydroxyl groups excluding tert-OH is 1. The molecule has 0 spiro atoms. The monoisotopic (exact) mass is 317 g/mol. The van der Waals surface area contributed by atoms with E-state index in [0.717, 1.165) is 41.2 Å². The lowest BCUT2D eigenvalue weighted by atomic mass is 10.2. The van der Waals surface area contributed by atoms with E-state index in [0.29, 0.717) is 0 Å². The number of carbonyl (C=O) groups excluding carboxylic acids is 1. The van der Waals surface area contributed by atoms with Gasteiger partial charge in [-0.3, -0.25) is 0 Å². The van der Waals surface area contributed by atoms with Crippen molar-refractivity contribution in [2.24, 2.45) is 0 Å². The van der Waals surface area contributed by atoms with E-state index in [2.05, 4.69) is 15.6 Å². The summed E-state index contributed by atoms with van der Waals surface area (Å²) < 4.78 is 0. The number of aliphatic hydroxyl groups is 1. The van der Waals surface area contributed by atoms with Crippen LogP contribution in [0.5, 0.6) is 0 Å². The molecule has 2 amide bonds. The number of urea groups is 1. The summed E-state index contributed by atoms with van der Waals surface area (Å²) in [6.07, 6.45) is 2.11. The average Bonchev–Trinajstić information content (AvgIpc) is 3.09. The fourth-order valence-electron chi connectivity index (χ4n) is 2.63. The first kappa shape index (κ1) is 15.0. The molecule has 5 nitrogen and oxygen atoms in total. The van der Waals surface area contributed by atoms with Gasteiger partial charge >= 0.3 is 6.03 Å². The van der Waals surface area contributed by atoms with Gasteiger partial charge in [0.2, 0.25) is 0 Å². The van der Waals surface area contributed by atoms with Crippen LogP contribution in [0.1, 0.15) is 25.0 Å². The van der Waals surface area contributed by atoms with Gasteiger partial charge in [0, 0.05) is 22.3 Å². The van der Waals surface area contributed by atoms with Gasteiger partial charge in [0.1, 0.15) is 5.01 Å². The Hall–Kier alpha value is -1.92. The van der Waals surface area contributed by atoms with Crippen molar-refractivity contribution in [3.8, 4) is 10.6 Å². The van der Waals surface area contributed by atoms with Gasteiger partial charge in [0.05, 0.1) is 12.1 Å². The summed E-state index contributed by atoms with van der Waals surface area (Å²) in [7, 11) is 0. The molecule has 2 unspecified atom stereocenters. The quantitative estimate of drug-likeness (QED) is 0.814. The summed E-state index contributed by atoms with van der Waals surface area (Å²) in [5, 5.41) is 18.3. The van der Waals surface area contributed by atoms with E-state index >= 15 is 0 Å². The van der Waals surface area contributed by atoms with E-state index in [1.807, 2.05) is 36.6 Å². The summed E-state index contributed by atoms with van der Waals surface area (Å²) in [6, 6.07) is 7.19. The number of carbonyl (C=O) groups is 1. The summed E-state index contributed by atoms with van der Waals surface area (Å²) in [4.78, 5) is 16.4. The maximum Gasteiger partial charge on any atom is 0.319 e. The van der Waals surface area contributed by atoms with Crippen molar-refractivity contribution < 1.29 is 9.90 Å². The Morgan fingerprint density at radius 3 is 2.68 bits per heavy atom. The van der Waals surface area contributed by atoms with Crippen molar-refractivity contribution in [3.05, 3.63) is 35.3 Å². The Labute approximate surface area is 133 Å². The number of hydrogen-bond donors (Lipinski definition) is 3. The van der Waals surface area contributed by atoms with Gasteiger partial charge in [-0.1, -0.05) is 0 Å². The second-order valence-electron chi connectivity index (χ2n) is 5.57. The zero-order chi connectivity index (χ0) is 15.5. The lowest BCUT2D eigenvalue weighted by Gasteiger charge is -2.16. The molecule has 1 heterocycles. The maximum absolute atomic E-state index is 11.9. The lowest BCUT2D eigenvalue weighted by molar-refractivity contribution is 0.151. The number of amides is 2. The van der Waals surface area contributed by atoms with Crippen LogP contribution in [0.25, 0.3) is 10.6 Å². The van der Waals surface area contributed by atoms with Crippen molar-refractivity contribution >= 4 is 23.1 Å². The molecule has 1 aliphatic carbocycles. The first-order valence-corrected chi connectivity index (χ1v) is 8.28. The molecular formula is C16H19N3O2S. The molecule has 1 fully saturated rings. The van der Waals surface area contributed by atoms with Crippen LogP contribution in [-0.2, 0) is 0 Å². The van der Waals surface area contributed by atoms with E-state index in [4.69, 9.17) is 0 Å². The van der Waals surface area contributed by atoms with Crippen molar-refractivity contribution in [2.75, 3.05) is 5.32 Å². The minimum Gasteiger partial charge on any atom is -0.391 e. The smallest absolute Gasteiger partial charge is 0.319 e. The Morgan fingerprint density at radius 2 is 2.09 bits per heavy atom. The second kappa shape index (κ2) is 6.46. The number of aryl methyl sites for hydroxylation is 1. The van der Waals surface area contributed by atoms with Crippen LogP contribution >= 0.6 is 11.3 Å². The highest BCUT2D eigenvalue weighted by Gasteiger charge is 2.26. The fraction of sp³-hybridized carbons (Fsp3) is 0.375. The SMILES string of the molecule is Cc1csc(-c2ccc(NC(=O)NC3CCCC3O)cc2)n1. The molecule has 1 aromatic carbocycles. The average molecular weight is 317 g/mol. The Bertz CT molecular complexity index is 654. The van der Waals surface area contributed by atoms with Crippen molar-refractivity contribution in [1.82, 2.24) is 10.3 Å². The Balaban J connectivity index is 1.60. The predicted molar refractivity (Wildman–Crippen MR) is 88.1 cm³/mol. The highest BCUT2D eigenvalue weighted by atomic mass is 32.1. The van der Waals surface area contributed by atoms with Gasteiger partial charge in [-0.25, -0.2) is 9.78 Å². The molecule has 3 rings (SSSR count). The number of nitrogens with one attached hydrogen (secondary N) is 2. The number of aromatic nitrogens is 1. The number of thiazole rings is 1. The highest BCUT2D eigenvalue weighted by Crippen LogP contribution is 2.25. The molecule has 1 saturated carbocycles. The summed E-state index contributed by atoms with van der Waals surface area (Å²) in [6.45, 7) is 1.97. The Morgan fingerprint density at radius 1 is 1.32 bits per heavy atom. The van der Waals surface area contributed by atoms with Gasteiger partial charge in [-0.2, -0.15) is 0 Å². The largest absolute Gasteiger partial charge is 0.391 e. The van der Waals surface area contributed by atoms with Gasteiger partial charge in [-0.15, -0.1) is 11.3 Å². The molecular weight excluding hydrogens is 298 g/mol. The molecule has 0 aliphatic heterocycles. The molecule has 116 valence electrons. The third-order valence-electron chi connectivity index (χ3n) is 3.80. The molecule has 3 N–H and O–H groups in total. The van der Waals surface area contributed by atoms with Crippen LogP contribution in [0.2, 0.25) is 0 Å². The van der Waals surface area contributed by atoms with Crippen molar-refractivity contribution in [2.45, 2.75) is 38.3 Å². The first-order valence-electron chi connectivity index (χ1n) is 7.40.